The van der Waals surface area contributed by atoms with Crippen LogP contribution in [0.1, 0.15) is 142 Å². The number of nitrogens with one attached hydrogen (secondary N) is 5. The predicted octanol–water partition coefficient (Wildman–Crippen LogP) is 7.64. The van der Waals surface area contributed by atoms with Gasteiger partial charge in [-0.2, -0.15) is 18.3 Å². The van der Waals surface area contributed by atoms with Crippen LogP contribution in [0.3, 0.4) is 0 Å². The number of hydrogen-bond donors (Lipinski definition) is 7. The highest BCUT2D eigenvalue weighted by atomic mass is 31.2. The number of nitrogens with zero attached hydrogens (tertiary/aromatic N) is 2. The molecule has 74 heavy (non-hydrogen) atoms. The van der Waals surface area contributed by atoms with Crippen molar-refractivity contribution in [1.29, 1.82) is 0 Å². The molecular formula is C49H67F3N8O12P2. The van der Waals surface area contributed by atoms with E-state index in [2.05, 4.69) is 36.9 Å². The average molecular weight is 1080 g/mol. The number of alkyl halides is 3. The Kier molecular flexibility index (Phi) is 19.9. The lowest BCUT2D eigenvalue weighted by atomic mass is 9.75. The highest BCUT2D eigenvalue weighted by molar-refractivity contribution is 7.65. The van der Waals surface area contributed by atoms with Gasteiger partial charge in [-0.15, -0.1) is 6.42 Å². The van der Waals surface area contributed by atoms with Crippen LogP contribution in [0.2, 0.25) is 0 Å². The van der Waals surface area contributed by atoms with Gasteiger partial charge in [0.2, 0.25) is 5.91 Å². The van der Waals surface area contributed by atoms with Crippen molar-refractivity contribution < 1.29 is 69.7 Å². The molecule has 0 spiro atoms. The van der Waals surface area contributed by atoms with Crippen molar-refractivity contribution in [3.63, 3.8) is 0 Å². The maximum atomic E-state index is 14.5. The maximum absolute atomic E-state index is 14.5. The van der Waals surface area contributed by atoms with Crippen LogP contribution in [0.15, 0.2) is 42.5 Å². The summed E-state index contributed by atoms with van der Waals surface area (Å²) in [5.74, 6) is -3.18. The van der Waals surface area contributed by atoms with Crippen LogP contribution in [0.25, 0.3) is 5.69 Å². The number of terminal acetylenes is 1. The minimum Gasteiger partial charge on any atom is -0.458 e. The molecule has 2 aromatic carbocycles. The van der Waals surface area contributed by atoms with E-state index in [9.17, 15) is 46.3 Å². The van der Waals surface area contributed by atoms with Crippen LogP contribution in [-0.2, 0) is 49.6 Å². The number of primary amides is 1. The van der Waals surface area contributed by atoms with E-state index in [1.165, 1.54) is 56.3 Å². The Balaban J connectivity index is 1.21. The predicted molar refractivity (Wildman–Crippen MR) is 270 cm³/mol. The Morgan fingerprint density at radius 3 is 2.24 bits per heavy atom. The van der Waals surface area contributed by atoms with Crippen LogP contribution in [-0.4, -0.2) is 101 Å². The number of aliphatic hydroxyl groups excluding tert-OH is 1. The number of aromatic nitrogens is 2. The number of ketones is 1. The van der Waals surface area contributed by atoms with Crippen molar-refractivity contribution >= 4 is 56.1 Å². The number of esters is 1. The van der Waals surface area contributed by atoms with Gasteiger partial charge in [0.05, 0.1) is 54.5 Å². The summed E-state index contributed by atoms with van der Waals surface area (Å²) in [6.45, 7) is 11.1. The third kappa shape index (κ3) is 16.7. The van der Waals surface area contributed by atoms with Gasteiger partial charge in [0.25, 0.3) is 11.8 Å². The summed E-state index contributed by atoms with van der Waals surface area (Å²) >= 11 is 0. The molecule has 25 heteroatoms. The van der Waals surface area contributed by atoms with Crippen molar-refractivity contribution in [2.45, 2.75) is 142 Å². The van der Waals surface area contributed by atoms with Crippen LogP contribution in [0.4, 0.5) is 24.5 Å². The van der Waals surface area contributed by atoms with Crippen LogP contribution in [0.5, 0.6) is 0 Å². The van der Waals surface area contributed by atoms with Gasteiger partial charge in [0.15, 0.2) is 11.5 Å². The maximum Gasteiger partial charge on any atom is 0.435 e. The van der Waals surface area contributed by atoms with Crippen molar-refractivity contribution in [3.8, 4) is 17.8 Å². The third-order valence-corrected chi connectivity index (χ3v) is 15.1. The van der Waals surface area contributed by atoms with E-state index < -0.39 is 85.5 Å². The molecule has 0 aliphatic heterocycles. The quantitative estimate of drug-likeness (QED) is 0.0196. The number of aliphatic hydroxyl groups is 1. The number of fused-ring (bicyclic) bond motifs is 1. The van der Waals surface area contributed by atoms with Crippen LogP contribution >= 0.6 is 15.3 Å². The zero-order chi connectivity index (χ0) is 54.8. The highest BCUT2D eigenvalue weighted by Crippen LogP contribution is 2.49. The number of halogens is 3. The monoisotopic (exact) mass is 1080 g/mol. The molecule has 1 heterocycles. The lowest BCUT2D eigenvalue weighted by molar-refractivity contribution is -0.158. The summed E-state index contributed by atoms with van der Waals surface area (Å²) in [5.41, 5.74) is 5.87. The molecule has 20 nitrogen and oxygen atoms in total. The number of hydrogen-bond acceptors (Lipinski definition) is 14. The van der Waals surface area contributed by atoms with Crippen molar-refractivity contribution in [2.24, 2.45) is 11.1 Å². The molecule has 1 saturated carbocycles. The molecule has 0 saturated heterocycles. The van der Waals surface area contributed by atoms with Gasteiger partial charge in [-0.25, -0.2) is 19.1 Å². The molecule has 2 aliphatic rings. The molecule has 3 amide bonds. The molecule has 3 aromatic rings. The topological polar surface area (TPSA) is 281 Å². The summed E-state index contributed by atoms with van der Waals surface area (Å²) in [6, 6.07) is 7.76. The molecule has 2 aliphatic carbocycles. The van der Waals surface area contributed by atoms with Crippen molar-refractivity contribution in [1.82, 2.24) is 25.5 Å². The van der Waals surface area contributed by atoms with Gasteiger partial charge in [-0.3, -0.25) is 32.8 Å². The second-order valence-corrected chi connectivity index (χ2v) is 23.6. The smallest absolute Gasteiger partial charge is 0.435 e. The Labute approximate surface area is 428 Å². The average Bonchev–Trinajstić information content (AvgIpc) is 3.70. The number of amides is 3. The minimum atomic E-state index is -4.89. The molecule has 8 N–H and O–H groups in total. The van der Waals surface area contributed by atoms with Gasteiger partial charge >= 0.3 is 27.4 Å². The summed E-state index contributed by atoms with van der Waals surface area (Å²) in [6.07, 6.45) is 2.69. The second-order valence-electron chi connectivity index (χ2n) is 20.0. The van der Waals surface area contributed by atoms with Crippen LogP contribution in [0, 0.1) is 17.5 Å². The fourth-order valence-corrected chi connectivity index (χ4v) is 11.1. The van der Waals surface area contributed by atoms with E-state index in [-0.39, 0.29) is 73.8 Å². The molecule has 0 bridgehead atoms. The highest BCUT2D eigenvalue weighted by Gasteiger charge is 2.46. The number of benzene rings is 2. The number of rotatable bonds is 24. The largest absolute Gasteiger partial charge is 0.458 e. The Bertz CT molecular complexity index is 2660. The molecular weight excluding hydrogens is 1010 g/mol. The third-order valence-electron chi connectivity index (χ3n) is 11.8. The standard InChI is InChI=1S/C49H67F3N8O12P2/c1-9-73(67,69-26-24-61)59-34-15-13-32(14-16-34)45(65)54-23-11-10-12-25-70-74(68,58-30(2)44(64)55-31(3)46(66)71-47(4,5)6)72-36-20-17-33(18-21-36)56-38-27-35(19-22-37(38)43(53)63)60-39-28-48(7,8)29-40(62)41(39)42(57-60)49(50,51)52/h1,13-16,19,22,27,30-31,33,36,56,61H,10-12,17-18,20-21,23-26,28-29H2,2-8H3,(H2,53,63)(H,54,65)(H,55,64)(H,58,68)(H,59,67). The number of carbonyl (C=O) groups is 5. The Hall–Kier alpha value is -5.59. The zero-order valence-electron chi connectivity index (χ0n) is 42.6. The van der Waals surface area contributed by atoms with Crippen molar-refractivity contribution in [2.75, 3.05) is 36.8 Å². The number of anilines is 2. The van der Waals surface area contributed by atoms with Gasteiger partial charge in [0.1, 0.15) is 11.6 Å². The Morgan fingerprint density at radius 1 is 0.959 bits per heavy atom. The number of unbranched alkanes of at least 4 members (excludes halogenated alkanes) is 2. The molecule has 1 fully saturated rings. The second kappa shape index (κ2) is 24.8. The molecule has 0 radical (unpaired) electrons. The van der Waals surface area contributed by atoms with E-state index in [4.69, 9.17) is 35.6 Å². The lowest BCUT2D eigenvalue weighted by Gasteiger charge is -2.33. The number of nitrogens with two attached hydrogens (primary N) is 1. The number of ether oxygens (including phenoxy) is 1. The summed E-state index contributed by atoms with van der Waals surface area (Å²) in [5, 5.41) is 26.8. The van der Waals surface area contributed by atoms with E-state index in [0.717, 1.165) is 4.68 Å². The first kappa shape index (κ1) is 59.3. The summed E-state index contributed by atoms with van der Waals surface area (Å²) in [7, 11) is -7.95. The first-order valence-corrected chi connectivity index (χ1v) is 27.4. The fraction of sp³-hybridized carbons (Fsp3) is 0.551. The van der Waals surface area contributed by atoms with Gasteiger partial charge in [-0.1, -0.05) is 13.8 Å². The van der Waals surface area contributed by atoms with Crippen LogP contribution < -0.4 is 31.9 Å². The first-order chi connectivity index (χ1) is 34.5. The van der Waals surface area contributed by atoms with Crippen molar-refractivity contribution in [3.05, 3.63) is 70.5 Å². The zero-order valence-corrected chi connectivity index (χ0v) is 44.3. The molecule has 5 rings (SSSR count). The number of Topliss-reactive ketones (excluding diaryl/α,β-unsaturated/α-hetero) is 1. The lowest BCUT2D eigenvalue weighted by Crippen LogP contribution is -2.48. The van der Waals surface area contributed by atoms with E-state index in [0.29, 0.717) is 56.2 Å². The van der Waals surface area contributed by atoms with Gasteiger partial charge in [0, 0.05) is 41.6 Å². The van der Waals surface area contributed by atoms with Gasteiger partial charge in [-0.05, 0) is 134 Å². The minimum absolute atomic E-state index is 0.0698. The van der Waals surface area contributed by atoms with E-state index >= 15 is 0 Å². The van der Waals surface area contributed by atoms with Gasteiger partial charge < -0.3 is 41.1 Å². The summed E-state index contributed by atoms with van der Waals surface area (Å²) in [4.78, 5) is 64.4. The Morgan fingerprint density at radius 2 is 1.64 bits per heavy atom. The first-order valence-electron chi connectivity index (χ1n) is 24.2. The fourth-order valence-electron chi connectivity index (χ4n) is 8.30. The van der Waals surface area contributed by atoms with E-state index in [1.54, 1.807) is 34.6 Å². The molecule has 4 atom stereocenters. The summed E-state index contributed by atoms with van der Waals surface area (Å²) < 4.78 is 93.3. The SMILES string of the molecule is C#CP(=O)(Nc1ccc(C(=O)NCCCCCOP(=O)(NC(C)C(=O)NC(C)C(=O)OC(C)(C)C)OC2CCC(Nc3cc(-n4nc(C(F)(F)F)c5c4CC(C)(C)CC5=O)ccc3C(N)=O)CC2)cc1)OCCO. The van der Waals surface area contributed by atoms with E-state index in [1.807, 2.05) is 0 Å². The number of carbonyl (C=O) groups excluding carboxylic acids is 5. The molecule has 406 valence electrons. The normalized spacial score (nSPS) is 19.1. The molecule has 4 unspecified atom stereocenters. The molecule has 1 aromatic heterocycles.